The number of fused-ring (bicyclic) bond motifs is 1. The van der Waals surface area contributed by atoms with E-state index in [1.165, 1.54) is 27.8 Å². The summed E-state index contributed by atoms with van der Waals surface area (Å²) in [6.07, 6.45) is 5.17. The van der Waals surface area contributed by atoms with Crippen LogP contribution in [0.5, 0.6) is 28.7 Å². The first-order chi connectivity index (χ1) is 14.1. The van der Waals surface area contributed by atoms with Crippen LogP contribution in [0.25, 0.3) is 0 Å². The summed E-state index contributed by atoms with van der Waals surface area (Å²) < 4.78 is 28.2. The molecule has 2 aliphatic rings. The second-order valence-electron chi connectivity index (χ2n) is 7.21. The lowest BCUT2D eigenvalue weighted by Crippen LogP contribution is -2.40. The topological polar surface area (TPSA) is 75.3 Å². The maximum absolute atomic E-state index is 12.8. The van der Waals surface area contributed by atoms with E-state index in [0.717, 1.165) is 31.4 Å². The van der Waals surface area contributed by atoms with Crippen LogP contribution in [-0.2, 0) is 0 Å². The Kier molecular flexibility index (Phi) is 5.13. The van der Waals surface area contributed by atoms with Crippen molar-refractivity contribution in [3.8, 4) is 28.7 Å². The van der Waals surface area contributed by atoms with E-state index in [1.54, 1.807) is 24.3 Å². The summed E-state index contributed by atoms with van der Waals surface area (Å²) in [4.78, 5) is 12.8. The fraction of sp³-hybridized carbons (Fsp3) is 0.409. The monoisotopic (exact) mass is 399 g/mol. The number of hydrogen-bond donors (Lipinski definition) is 1. The Hall–Kier alpha value is -3.09. The Labute approximate surface area is 169 Å². The van der Waals surface area contributed by atoms with E-state index in [2.05, 4.69) is 5.32 Å². The van der Waals surface area contributed by atoms with Crippen LogP contribution in [0.4, 0.5) is 5.69 Å². The van der Waals surface area contributed by atoms with Crippen LogP contribution in [0.1, 0.15) is 42.5 Å². The lowest BCUT2D eigenvalue weighted by Gasteiger charge is -2.31. The highest BCUT2D eigenvalue weighted by Crippen LogP contribution is 2.46. The van der Waals surface area contributed by atoms with Gasteiger partial charge in [0, 0.05) is 30.2 Å². The maximum atomic E-state index is 12.8. The van der Waals surface area contributed by atoms with Gasteiger partial charge in [0.25, 0.3) is 11.7 Å². The molecule has 1 fully saturated rings. The summed E-state index contributed by atoms with van der Waals surface area (Å²) >= 11 is 0. The normalized spacial score (nSPS) is 16.4. The zero-order valence-corrected chi connectivity index (χ0v) is 16.9. The van der Waals surface area contributed by atoms with Gasteiger partial charge in [-0.15, -0.1) is 0 Å². The van der Waals surface area contributed by atoms with E-state index >= 15 is 0 Å². The van der Waals surface area contributed by atoms with E-state index < -0.39 is 5.79 Å². The first-order valence-corrected chi connectivity index (χ1v) is 9.71. The summed E-state index contributed by atoms with van der Waals surface area (Å²) in [7, 11) is 4.54. The van der Waals surface area contributed by atoms with Crippen LogP contribution in [0.3, 0.4) is 0 Å². The van der Waals surface area contributed by atoms with Gasteiger partial charge in [-0.05, 0) is 37.1 Å². The predicted octanol–water partition coefficient (Wildman–Crippen LogP) is 4.40. The highest BCUT2D eigenvalue weighted by molar-refractivity contribution is 6.05. The number of ether oxygens (including phenoxy) is 5. The van der Waals surface area contributed by atoms with Crippen LogP contribution in [0.15, 0.2) is 30.3 Å². The SMILES string of the molecule is COc1cc(C(=O)Nc2ccc3c(c2)OC2(CCCCC2)O3)cc(OC)c1OC. The molecule has 4 rings (SSSR count). The van der Waals surface area contributed by atoms with E-state index in [-0.39, 0.29) is 5.91 Å². The zero-order chi connectivity index (χ0) is 20.4. The minimum atomic E-state index is -0.542. The fourth-order valence-corrected chi connectivity index (χ4v) is 3.88. The molecular weight excluding hydrogens is 374 g/mol. The number of benzene rings is 2. The van der Waals surface area contributed by atoms with Crippen molar-refractivity contribution in [2.45, 2.75) is 37.9 Å². The number of carbonyl (C=O) groups excluding carboxylic acids is 1. The molecule has 1 aliphatic heterocycles. The highest BCUT2D eigenvalue weighted by atomic mass is 16.7. The summed E-state index contributed by atoms with van der Waals surface area (Å²) in [5.74, 6) is 1.82. The summed E-state index contributed by atoms with van der Waals surface area (Å²) in [5, 5.41) is 2.89. The van der Waals surface area contributed by atoms with Crippen LogP contribution < -0.4 is 29.0 Å². The highest BCUT2D eigenvalue weighted by Gasteiger charge is 2.42. The van der Waals surface area contributed by atoms with E-state index in [4.69, 9.17) is 23.7 Å². The molecule has 1 saturated carbocycles. The molecule has 7 nitrogen and oxygen atoms in total. The van der Waals surface area contributed by atoms with Crippen molar-refractivity contribution in [1.29, 1.82) is 0 Å². The molecule has 154 valence electrons. The molecule has 1 heterocycles. The van der Waals surface area contributed by atoms with Crippen molar-refractivity contribution in [3.63, 3.8) is 0 Å². The number of rotatable bonds is 5. The summed E-state index contributed by atoms with van der Waals surface area (Å²) in [6.45, 7) is 0. The van der Waals surface area contributed by atoms with Gasteiger partial charge in [0.05, 0.1) is 21.3 Å². The minimum absolute atomic E-state index is 0.296. The first kappa shape index (κ1) is 19.2. The number of hydrogen-bond acceptors (Lipinski definition) is 6. The molecule has 29 heavy (non-hydrogen) atoms. The Morgan fingerprint density at radius 3 is 2.17 bits per heavy atom. The fourth-order valence-electron chi connectivity index (χ4n) is 3.88. The van der Waals surface area contributed by atoms with Crippen molar-refractivity contribution in [3.05, 3.63) is 35.9 Å². The van der Waals surface area contributed by atoms with Gasteiger partial charge in [0.2, 0.25) is 5.75 Å². The van der Waals surface area contributed by atoms with Gasteiger partial charge in [0.1, 0.15) is 0 Å². The van der Waals surface area contributed by atoms with E-state index in [9.17, 15) is 4.79 Å². The quantitative estimate of drug-likeness (QED) is 0.803. The Morgan fingerprint density at radius 2 is 1.55 bits per heavy atom. The van der Waals surface area contributed by atoms with Crippen LogP contribution in [0.2, 0.25) is 0 Å². The predicted molar refractivity (Wildman–Crippen MR) is 108 cm³/mol. The summed E-state index contributed by atoms with van der Waals surface area (Å²) in [6, 6.07) is 8.67. The maximum Gasteiger partial charge on any atom is 0.255 e. The van der Waals surface area contributed by atoms with Gasteiger partial charge in [-0.1, -0.05) is 6.42 Å². The van der Waals surface area contributed by atoms with Crippen LogP contribution in [0, 0.1) is 0 Å². The van der Waals surface area contributed by atoms with Crippen molar-refractivity contribution in [1.82, 2.24) is 0 Å². The smallest absolute Gasteiger partial charge is 0.255 e. The molecule has 1 spiro atoms. The number of anilines is 1. The first-order valence-electron chi connectivity index (χ1n) is 9.71. The second kappa shape index (κ2) is 7.73. The molecule has 0 aromatic heterocycles. The molecular formula is C22H25NO6. The molecule has 2 aromatic carbocycles. The minimum Gasteiger partial charge on any atom is -0.493 e. The average Bonchev–Trinajstić information content (AvgIpc) is 3.09. The molecule has 2 aromatic rings. The number of amides is 1. The standard InChI is InChI=1S/C22H25NO6/c1-25-18-11-14(12-19(26-2)20(18)27-3)21(24)23-15-7-8-16-17(13-15)29-22(28-16)9-5-4-6-10-22/h7-8,11-13H,4-6,9-10H2,1-3H3,(H,23,24). The summed E-state index contributed by atoms with van der Waals surface area (Å²) in [5.41, 5.74) is 1.01. The molecule has 1 aliphatic carbocycles. The van der Waals surface area contributed by atoms with Gasteiger partial charge in [-0.2, -0.15) is 0 Å². The zero-order valence-electron chi connectivity index (χ0n) is 16.9. The van der Waals surface area contributed by atoms with Gasteiger partial charge in [-0.25, -0.2) is 0 Å². The number of methoxy groups -OCH3 is 3. The molecule has 1 N–H and O–H groups in total. The van der Waals surface area contributed by atoms with Crippen molar-refractivity contribution in [2.24, 2.45) is 0 Å². The van der Waals surface area contributed by atoms with Gasteiger partial charge in [-0.3, -0.25) is 4.79 Å². The molecule has 0 saturated heterocycles. The Balaban J connectivity index is 1.54. The third-order valence-corrected chi connectivity index (χ3v) is 5.34. The Morgan fingerprint density at radius 1 is 0.897 bits per heavy atom. The van der Waals surface area contributed by atoms with Crippen LogP contribution in [-0.4, -0.2) is 33.0 Å². The molecule has 0 unspecified atom stereocenters. The lowest BCUT2D eigenvalue weighted by atomic mass is 9.94. The third-order valence-electron chi connectivity index (χ3n) is 5.34. The number of carbonyl (C=O) groups is 1. The largest absolute Gasteiger partial charge is 0.493 e. The number of nitrogens with one attached hydrogen (secondary N) is 1. The Bertz CT molecular complexity index is 895. The van der Waals surface area contributed by atoms with Crippen molar-refractivity contribution in [2.75, 3.05) is 26.6 Å². The molecule has 0 bridgehead atoms. The molecule has 1 amide bonds. The van der Waals surface area contributed by atoms with E-state index in [0.29, 0.717) is 34.2 Å². The molecule has 7 heteroatoms. The lowest BCUT2D eigenvalue weighted by molar-refractivity contribution is -0.105. The van der Waals surface area contributed by atoms with Crippen LogP contribution >= 0.6 is 0 Å². The second-order valence-corrected chi connectivity index (χ2v) is 7.21. The average molecular weight is 399 g/mol. The van der Waals surface area contributed by atoms with Crippen molar-refractivity contribution >= 4 is 11.6 Å². The molecule has 0 radical (unpaired) electrons. The molecule has 0 atom stereocenters. The van der Waals surface area contributed by atoms with E-state index in [1.807, 2.05) is 6.07 Å². The van der Waals surface area contributed by atoms with Gasteiger partial charge >= 0.3 is 0 Å². The van der Waals surface area contributed by atoms with Gasteiger partial charge < -0.3 is 29.0 Å². The van der Waals surface area contributed by atoms with Gasteiger partial charge in [0.15, 0.2) is 23.0 Å². The third kappa shape index (κ3) is 3.64. The van der Waals surface area contributed by atoms with Crippen molar-refractivity contribution < 1.29 is 28.5 Å².